The highest BCUT2D eigenvalue weighted by molar-refractivity contribution is 5.97. The highest BCUT2D eigenvalue weighted by Gasteiger charge is 2.66. The second-order valence-corrected chi connectivity index (χ2v) is 27.2. The zero-order chi connectivity index (χ0) is 71.1. The predicted octanol–water partition coefficient (Wildman–Crippen LogP) is 11.6. The molecule has 7 N–H and O–H groups in total. The second-order valence-electron chi connectivity index (χ2n) is 27.2. The van der Waals surface area contributed by atoms with Crippen LogP contribution in [0.5, 0.6) is 28.7 Å². The van der Waals surface area contributed by atoms with Gasteiger partial charge < -0.3 is 38.8 Å². The van der Waals surface area contributed by atoms with Crippen LogP contribution in [0.25, 0.3) is 22.2 Å². The number of carbonyl (C=O) groups excluding carboxylic acids is 6. The molecule has 101 heavy (non-hydrogen) atoms. The number of esters is 1. The lowest BCUT2D eigenvalue weighted by atomic mass is 9.90. The molecule has 7 atom stereocenters. The summed E-state index contributed by atoms with van der Waals surface area (Å²) in [5.74, 6) is -0.200. The SMILES string of the molecule is CCOC(=O)[C@@]1(Cc2ccc(Oc3cccc(OC)c3)cc2)C[C@@H]1C(=O)NO.CN(C)[C@@H]1CCN(C(=O)[C@@]2(Cc3ccc(OCc4cc(-c5ccccc5)nc5ccccc45)cc3)C[C@@H]2C(=O)NO)C1.O=C(NO)[C@H]1C[C@]1(Cc1ccc(OCc2ccccc2)cc1)C(=O)NC1CCCCC1. The molecular weight excluding hydrogens is 1280 g/mol. The van der Waals surface area contributed by atoms with E-state index in [0.29, 0.717) is 88.1 Å². The molecule has 21 heteroatoms. The van der Waals surface area contributed by atoms with Gasteiger partial charge in [-0.05, 0) is 162 Å². The monoisotopic (exact) mass is 1370 g/mol. The van der Waals surface area contributed by atoms with Crippen molar-refractivity contribution < 1.29 is 68.1 Å². The molecule has 7 aromatic carbocycles. The molecule has 21 nitrogen and oxygen atoms in total. The number of likely N-dealkylation sites (N-methyl/N-ethyl adjacent to an activating group) is 1. The maximum absolute atomic E-state index is 13.7. The number of amides is 5. The minimum Gasteiger partial charge on any atom is -0.497 e. The Labute approximate surface area is 588 Å². The summed E-state index contributed by atoms with van der Waals surface area (Å²) in [6, 6.07) is 60.8. The van der Waals surface area contributed by atoms with Crippen LogP contribution in [-0.4, -0.2) is 119 Å². The minimum absolute atomic E-state index is 0.000406. The largest absolute Gasteiger partial charge is 0.497 e. The molecule has 4 saturated carbocycles. The van der Waals surface area contributed by atoms with Crippen molar-refractivity contribution in [3.8, 4) is 40.0 Å². The third-order valence-corrected chi connectivity index (χ3v) is 20.3. The van der Waals surface area contributed by atoms with Crippen molar-refractivity contribution in [2.24, 2.45) is 34.0 Å². The molecule has 1 saturated heterocycles. The lowest BCUT2D eigenvalue weighted by molar-refractivity contribution is -0.152. The van der Waals surface area contributed by atoms with E-state index < -0.39 is 57.7 Å². The molecule has 0 spiro atoms. The summed E-state index contributed by atoms with van der Waals surface area (Å²) in [6.45, 7) is 4.17. The number of nitrogens with one attached hydrogen (secondary N) is 4. The molecule has 5 aliphatic rings. The van der Waals surface area contributed by atoms with Crippen molar-refractivity contribution in [1.29, 1.82) is 0 Å². The highest BCUT2D eigenvalue weighted by Crippen LogP contribution is 2.58. The molecule has 8 aromatic rings. The van der Waals surface area contributed by atoms with Crippen molar-refractivity contribution in [2.75, 3.05) is 40.9 Å². The maximum Gasteiger partial charge on any atom is 0.313 e. The van der Waals surface area contributed by atoms with Crippen molar-refractivity contribution in [1.82, 2.24) is 36.5 Å². The van der Waals surface area contributed by atoms with Gasteiger partial charge in [0.2, 0.25) is 29.5 Å². The smallest absolute Gasteiger partial charge is 0.313 e. The summed E-state index contributed by atoms with van der Waals surface area (Å²) in [7, 11) is 5.64. The van der Waals surface area contributed by atoms with Crippen LogP contribution in [0, 0.1) is 34.0 Å². The number of pyridine rings is 1. The predicted molar refractivity (Wildman–Crippen MR) is 378 cm³/mol. The molecule has 4 aliphatic carbocycles. The van der Waals surface area contributed by atoms with Gasteiger partial charge in [0.1, 0.15) is 42.0 Å². The summed E-state index contributed by atoms with van der Waals surface area (Å²) in [5.41, 5.74) is 10.4. The van der Waals surface area contributed by atoms with E-state index in [2.05, 4.69) is 34.5 Å². The first-order chi connectivity index (χ1) is 49.0. The average molecular weight is 1370 g/mol. The fourth-order valence-electron chi connectivity index (χ4n) is 14.2. The van der Waals surface area contributed by atoms with Gasteiger partial charge in [0.25, 0.3) is 0 Å². The van der Waals surface area contributed by atoms with Gasteiger partial charge in [0.05, 0.1) is 58.9 Å². The van der Waals surface area contributed by atoms with Crippen LogP contribution >= 0.6 is 0 Å². The number of hydroxylamine groups is 3. The van der Waals surface area contributed by atoms with E-state index in [-0.39, 0.29) is 24.5 Å². The zero-order valence-electron chi connectivity index (χ0n) is 57.5. The number of hydrogen-bond donors (Lipinski definition) is 7. The molecule has 0 bridgehead atoms. The Kier molecular flexibility index (Phi) is 23.5. The van der Waals surface area contributed by atoms with Crippen LogP contribution in [0.15, 0.2) is 188 Å². The van der Waals surface area contributed by atoms with E-state index in [1.54, 1.807) is 48.7 Å². The number of methoxy groups -OCH3 is 1. The van der Waals surface area contributed by atoms with Gasteiger partial charge in [-0.2, -0.15) is 0 Å². The number of carbonyl (C=O) groups is 6. The Bertz CT molecular complexity index is 4160. The van der Waals surface area contributed by atoms with Crippen molar-refractivity contribution in [2.45, 2.75) is 109 Å². The van der Waals surface area contributed by atoms with E-state index in [4.69, 9.17) is 39.1 Å². The number of benzene rings is 7. The van der Waals surface area contributed by atoms with Crippen molar-refractivity contribution in [3.05, 3.63) is 216 Å². The first kappa shape index (κ1) is 72.1. The molecule has 0 radical (unpaired) electrons. The van der Waals surface area contributed by atoms with E-state index >= 15 is 0 Å². The van der Waals surface area contributed by atoms with Gasteiger partial charge in [0, 0.05) is 47.8 Å². The second kappa shape index (κ2) is 32.9. The first-order valence-corrected chi connectivity index (χ1v) is 34.6. The number of aromatic nitrogens is 1. The number of ether oxygens (including phenoxy) is 5. The summed E-state index contributed by atoms with van der Waals surface area (Å²) in [6.07, 6.45) is 8.84. The highest BCUT2D eigenvalue weighted by atomic mass is 16.5. The van der Waals surface area contributed by atoms with Gasteiger partial charge in [0.15, 0.2) is 0 Å². The topological polar surface area (TPSA) is 277 Å². The van der Waals surface area contributed by atoms with Gasteiger partial charge in [-0.15, -0.1) is 0 Å². The lowest BCUT2D eigenvalue weighted by Crippen LogP contribution is -2.43. The van der Waals surface area contributed by atoms with Gasteiger partial charge in [-0.25, -0.2) is 21.4 Å². The molecule has 528 valence electrons. The Morgan fingerprint density at radius 2 is 1.07 bits per heavy atom. The van der Waals surface area contributed by atoms with E-state index in [9.17, 15) is 34.0 Å². The average Bonchev–Trinajstić information content (AvgIpc) is 1.59. The summed E-state index contributed by atoms with van der Waals surface area (Å²) in [5, 5.41) is 31.5. The van der Waals surface area contributed by atoms with Crippen LogP contribution in [0.3, 0.4) is 0 Å². The fourth-order valence-corrected chi connectivity index (χ4v) is 14.2. The molecule has 0 unspecified atom stereocenters. The standard InChI is InChI=1S/C34H36N4O4.C25H30N2O4.C21H23NO6/c1-37(2)26-16-17-38(21-26)33(40)34(20-29(34)32(39)36-41)19-23-12-14-27(15-13-23)42-22-25-18-31(24-8-4-3-5-9-24)35-30-11-7-6-10-28(25)30;28-23(27-30)22-16-25(22,24(29)26-20-9-5-2-6-10-20)15-18-11-13-21(14-12-18)31-17-19-7-3-1-4-8-19;1-3-27-20(24)21(13-18(21)19(23)22-25)12-14-7-9-15(10-8-14)28-17-6-4-5-16(11-17)26-2/h3-15,18,26,29,41H,16-17,19-22H2,1-2H3,(H,36,39);1,3-4,7-8,11-14,20,22,30H,2,5-6,9-10,15-17H2,(H,26,29)(H,27,28);4-11,18,25H,3,12-13H2,1-2H3,(H,22,23)/t26-,29-,34+;22-,25+;18-,21+/m111/s1. The third kappa shape index (κ3) is 17.5. The number of para-hydroxylation sites is 1. The molecule has 13 rings (SSSR count). The van der Waals surface area contributed by atoms with Crippen LogP contribution in [0.4, 0.5) is 0 Å². The molecule has 2 heterocycles. The molecule has 5 fully saturated rings. The van der Waals surface area contributed by atoms with E-state index in [1.165, 1.54) is 6.42 Å². The quantitative estimate of drug-likeness (QED) is 0.0159. The number of fused-ring (bicyclic) bond motifs is 1. The lowest BCUT2D eigenvalue weighted by Gasteiger charge is -2.26. The van der Waals surface area contributed by atoms with Gasteiger partial charge in [-0.1, -0.05) is 141 Å². The number of hydrogen-bond acceptors (Lipinski definition) is 16. The molecule has 5 amide bonds. The Balaban J connectivity index is 0.000000157. The molecule has 1 aromatic heterocycles. The Morgan fingerprint density at radius 1 is 0.545 bits per heavy atom. The van der Waals surface area contributed by atoms with Gasteiger partial charge >= 0.3 is 5.97 Å². The van der Waals surface area contributed by atoms with Crippen LogP contribution in [-0.2, 0) is 66.0 Å². The van der Waals surface area contributed by atoms with E-state index in [1.807, 2.05) is 165 Å². The summed E-state index contributed by atoms with van der Waals surface area (Å²) in [4.78, 5) is 84.4. The van der Waals surface area contributed by atoms with Crippen LogP contribution in [0.1, 0.15) is 92.5 Å². The van der Waals surface area contributed by atoms with Gasteiger partial charge in [-0.3, -0.25) is 44.4 Å². The number of nitrogens with zero attached hydrogens (tertiary/aromatic N) is 3. The maximum atomic E-state index is 13.7. The fraction of sp³-hybridized carbons (Fsp3) is 0.362. The normalized spacial score (nSPS) is 21.6. The van der Waals surface area contributed by atoms with Crippen LogP contribution in [0.2, 0.25) is 0 Å². The first-order valence-electron chi connectivity index (χ1n) is 34.6. The summed E-state index contributed by atoms with van der Waals surface area (Å²) >= 11 is 0. The van der Waals surface area contributed by atoms with Crippen molar-refractivity contribution in [3.63, 3.8) is 0 Å². The zero-order valence-corrected chi connectivity index (χ0v) is 57.5. The number of likely N-dealkylation sites (tertiary alicyclic amines) is 1. The minimum atomic E-state index is -0.933. The van der Waals surface area contributed by atoms with Crippen LogP contribution < -0.4 is 40.7 Å². The van der Waals surface area contributed by atoms with E-state index in [0.717, 1.165) is 93.6 Å². The number of rotatable bonds is 25. The van der Waals surface area contributed by atoms with Crippen molar-refractivity contribution >= 4 is 46.4 Å². The molecular formula is C80H89N7O14. The summed E-state index contributed by atoms with van der Waals surface area (Å²) < 4.78 is 28.2. The Hall–Kier alpha value is -10.2. The third-order valence-electron chi connectivity index (χ3n) is 20.3. The molecule has 1 aliphatic heterocycles. The Morgan fingerprint density at radius 3 is 1.66 bits per heavy atom.